The number of anilines is 2. The van der Waals surface area contributed by atoms with E-state index in [0.29, 0.717) is 12.2 Å². The summed E-state index contributed by atoms with van der Waals surface area (Å²) >= 11 is 3.39. The van der Waals surface area contributed by atoms with Crippen molar-refractivity contribution in [3.05, 3.63) is 22.7 Å². The van der Waals surface area contributed by atoms with E-state index in [0.717, 1.165) is 36.3 Å². The van der Waals surface area contributed by atoms with Crippen molar-refractivity contribution in [2.24, 2.45) is 0 Å². The van der Waals surface area contributed by atoms with Gasteiger partial charge in [-0.05, 0) is 25.2 Å². The Bertz CT molecular complexity index is 486. The smallest absolute Gasteiger partial charge is 0.242 e. The predicted molar refractivity (Wildman–Crippen MR) is 85.9 cm³/mol. The Morgan fingerprint density at radius 2 is 2.00 bits per heavy atom. The molecule has 5 nitrogen and oxygen atoms in total. The number of carbonyl (C=O) groups excluding carboxylic acids is 1. The van der Waals surface area contributed by atoms with Crippen molar-refractivity contribution in [2.75, 3.05) is 57.5 Å². The van der Waals surface area contributed by atoms with Crippen LogP contribution in [0.2, 0.25) is 0 Å². The molecule has 2 N–H and O–H groups in total. The predicted octanol–water partition coefficient (Wildman–Crippen LogP) is 1.24. The van der Waals surface area contributed by atoms with Crippen LogP contribution in [0.5, 0.6) is 0 Å². The van der Waals surface area contributed by atoms with Crippen LogP contribution in [0.1, 0.15) is 0 Å². The number of halogens is 1. The zero-order chi connectivity index (χ0) is 14.7. The molecular formula is C14H21BrN4O. The fourth-order valence-corrected chi connectivity index (χ4v) is 2.70. The van der Waals surface area contributed by atoms with Crippen molar-refractivity contribution >= 4 is 33.2 Å². The van der Waals surface area contributed by atoms with Gasteiger partial charge in [-0.15, -0.1) is 0 Å². The van der Waals surface area contributed by atoms with E-state index in [1.54, 1.807) is 0 Å². The average molecular weight is 341 g/mol. The lowest BCUT2D eigenvalue weighted by Crippen LogP contribution is -2.49. The van der Waals surface area contributed by atoms with E-state index in [4.69, 9.17) is 5.73 Å². The standard InChI is InChI=1S/C14H21BrN4O/c1-17-5-7-19(8-6-17)14(20)10-18(2)13-4-3-11(15)9-12(13)16/h3-4,9H,5-8,10,16H2,1-2H3. The highest BCUT2D eigenvalue weighted by Crippen LogP contribution is 2.25. The van der Waals surface area contributed by atoms with Crippen LogP contribution in [0.25, 0.3) is 0 Å². The fourth-order valence-electron chi connectivity index (χ4n) is 2.32. The number of piperazine rings is 1. The summed E-state index contributed by atoms with van der Waals surface area (Å²) in [6, 6.07) is 5.71. The van der Waals surface area contributed by atoms with Crippen molar-refractivity contribution in [3.63, 3.8) is 0 Å². The zero-order valence-corrected chi connectivity index (χ0v) is 13.6. The number of nitrogens with zero attached hydrogens (tertiary/aromatic N) is 3. The molecule has 0 saturated carbocycles. The molecule has 0 spiro atoms. The third-order valence-electron chi connectivity index (χ3n) is 3.63. The van der Waals surface area contributed by atoms with Crippen LogP contribution in [0.4, 0.5) is 11.4 Å². The van der Waals surface area contributed by atoms with Gasteiger partial charge in [0, 0.05) is 37.7 Å². The van der Waals surface area contributed by atoms with Gasteiger partial charge in [0.05, 0.1) is 17.9 Å². The van der Waals surface area contributed by atoms with Gasteiger partial charge in [-0.3, -0.25) is 4.79 Å². The van der Waals surface area contributed by atoms with Crippen LogP contribution < -0.4 is 10.6 Å². The van der Waals surface area contributed by atoms with E-state index < -0.39 is 0 Å². The van der Waals surface area contributed by atoms with Crippen LogP contribution >= 0.6 is 15.9 Å². The first kappa shape index (κ1) is 15.1. The third kappa shape index (κ3) is 3.64. The Balaban J connectivity index is 1.96. The first-order valence-electron chi connectivity index (χ1n) is 6.70. The Hall–Kier alpha value is -1.27. The second-order valence-corrected chi connectivity index (χ2v) is 6.16. The molecule has 1 aromatic carbocycles. The molecule has 1 saturated heterocycles. The molecule has 0 bridgehead atoms. The second kappa shape index (κ2) is 6.45. The molecule has 0 aliphatic carbocycles. The number of carbonyl (C=O) groups is 1. The largest absolute Gasteiger partial charge is 0.397 e. The molecule has 0 unspecified atom stereocenters. The average Bonchev–Trinajstić information content (AvgIpc) is 2.39. The molecule has 1 aliphatic heterocycles. The first-order chi connectivity index (χ1) is 9.47. The van der Waals surface area contributed by atoms with Crippen LogP contribution in [-0.2, 0) is 4.79 Å². The van der Waals surface area contributed by atoms with Crippen molar-refractivity contribution in [3.8, 4) is 0 Å². The summed E-state index contributed by atoms with van der Waals surface area (Å²) in [5.41, 5.74) is 7.55. The summed E-state index contributed by atoms with van der Waals surface area (Å²) in [7, 11) is 3.98. The number of hydrogen-bond acceptors (Lipinski definition) is 4. The van der Waals surface area contributed by atoms with Crippen LogP contribution in [-0.4, -0.2) is 62.5 Å². The van der Waals surface area contributed by atoms with E-state index in [1.807, 2.05) is 35.0 Å². The number of rotatable bonds is 3. The summed E-state index contributed by atoms with van der Waals surface area (Å²) in [6.45, 7) is 3.85. The normalized spacial score (nSPS) is 16.2. The van der Waals surface area contributed by atoms with Crippen LogP contribution in [0.15, 0.2) is 22.7 Å². The van der Waals surface area contributed by atoms with Crippen molar-refractivity contribution in [2.45, 2.75) is 0 Å². The summed E-state index contributed by atoms with van der Waals surface area (Å²) < 4.78 is 0.942. The molecule has 20 heavy (non-hydrogen) atoms. The minimum Gasteiger partial charge on any atom is -0.397 e. The van der Waals surface area contributed by atoms with Gasteiger partial charge in [0.1, 0.15) is 0 Å². The van der Waals surface area contributed by atoms with Gasteiger partial charge < -0.3 is 20.4 Å². The van der Waals surface area contributed by atoms with Crippen molar-refractivity contribution < 1.29 is 4.79 Å². The minimum absolute atomic E-state index is 0.155. The van der Waals surface area contributed by atoms with Gasteiger partial charge in [-0.25, -0.2) is 0 Å². The SMILES string of the molecule is CN1CCN(C(=O)CN(C)c2ccc(Br)cc2N)CC1. The van der Waals surface area contributed by atoms with E-state index in [2.05, 4.69) is 27.9 Å². The van der Waals surface area contributed by atoms with E-state index in [-0.39, 0.29) is 5.91 Å². The molecule has 1 amide bonds. The van der Waals surface area contributed by atoms with E-state index >= 15 is 0 Å². The highest BCUT2D eigenvalue weighted by Gasteiger charge is 2.20. The Morgan fingerprint density at radius 3 is 2.60 bits per heavy atom. The molecule has 0 radical (unpaired) electrons. The molecule has 1 aliphatic rings. The summed E-state index contributed by atoms with van der Waals surface area (Å²) in [5.74, 6) is 0.155. The number of nitrogens with two attached hydrogens (primary N) is 1. The van der Waals surface area contributed by atoms with Gasteiger partial charge in [-0.1, -0.05) is 15.9 Å². The minimum atomic E-state index is 0.155. The maximum Gasteiger partial charge on any atom is 0.242 e. The monoisotopic (exact) mass is 340 g/mol. The molecular weight excluding hydrogens is 320 g/mol. The van der Waals surface area contributed by atoms with Gasteiger partial charge in [0.2, 0.25) is 5.91 Å². The number of amides is 1. The summed E-state index contributed by atoms with van der Waals surface area (Å²) in [6.07, 6.45) is 0. The van der Waals surface area contributed by atoms with Gasteiger partial charge in [-0.2, -0.15) is 0 Å². The fraction of sp³-hybridized carbons (Fsp3) is 0.500. The first-order valence-corrected chi connectivity index (χ1v) is 7.49. The van der Waals surface area contributed by atoms with Crippen LogP contribution in [0.3, 0.4) is 0 Å². The number of likely N-dealkylation sites (N-methyl/N-ethyl adjacent to an activating group) is 2. The maximum absolute atomic E-state index is 12.3. The van der Waals surface area contributed by atoms with E-state index in [9.17, 15) is 4.79 Å². The van der Waals surface area contributed by atoms with E-state index in [1.165, 1.54) is 0 Å². The maximum atomic E-state index is 12.3. The molecule has 6 heteroatoms. The van der Waals surface area contributed by atoms with Crippen LogP contribution in [0, 0.1) is 0 Å². The number of hydrogen-bond donors (Lipinski definition) is 1. The van der Waals surface area contributed by atoms with Crippen molar-refractivity contribution in [1.82, 2.24) is 9.80 Å². The quantitative estimate of drug-likeness (QED) is 0.841. The van der Waals surface area contributed by atoms with Gasteiger partial charge in [0.25, 0.3) is 0 Å². The Morgan fingerprint density at radius 1 is 1.35 bits per heavy atom. The molecule has 1 aromatic rings. The highest BCUT2D eigenvalue weighted by molar-refractivity contribution is 9.10. The zero-order valence-electron chi connectivity index (χ0n) is 12.0. The topological polar surface area (TPSA) is 52.8 Å². The summed E-state index contributed by atoms with van der Waals surface area (Å²) in [5, 5.41) is 0. The second-order valence-electron chi connectivity index (χ2n) is 5.24. The molecule has 0 aromatic heterocycles. The highest BCUT2D eigenvalue weighted by atomic mass is 79.9. The Labute approximate surface area is 128 Å². The molecule has 1 heterocycles. The number of nitrogen functional groups attached to an aromatic ring is 1. The molecule has 110 valence electrons. The lowest BCUT2D eigenvalue weighted by Gasteiger charge is -2.33. The van der Waals surface area contributed by atoms with Gasteiger partial charge >= 0.3 is 0 Å². The lowest BCUT2D eigenvalue weighted by atomic mass is 10.2. The summed E-state index contributed by atoms with van der Waals surface area (Å²) in [4.78, 5) is 18.3. The van der Waals surface area contributed by atoms with Gasteiger partial charge in [0.15, 0.2) is 0 Å². The Kier molecular flexibility index (Phi) is 4.88. The number of benzene rings is 1. The third-order valence-corrected chi connectivity index (χ3v) is 4.12. The lowest BCUT2D eigenvalue weighted by molar-refractivity contribution is -0.131. The molecule has 0 atom stereocenters. The van der Waals surface area contributed by atoms with Crippen molar-refractivity contribution in [1.29, 1.82) is 0 Å². The molecule has 1 fully saturated rings. The molecule has 2 rings (SSSR count).